The number of oxime groups is 1. The van der Waals surface area contributed by atoms with E-state index in [2.05, 4.69) is 34.7 Å². The first-order valence-electron chi connectivity index (χ1n) is 9.97. The van der Waals surface area contributed by atoms with Crippen molar-refractivity contribution >= 4 is 39.4 Å². The maximum absolute atomic E-state index is 11.7. The summed E-state index contributed by atoms with van der Waals surface area (Å²) >= 11 is 1.03. The molecule has 0 aromatic heterocycles. The number of carbonyl (C=O) groups excluding carboxylic acids is 2. The van der Waals surface area contributed by atoms with E-state index in [9.17, 15) is 9.59 Å². The molecule has 4 rings (SSSR count). The van der Waals surface area contributed by atoms with Crippen LogP contribution in [0.4, 0.5) is 4.79 Å². The SMILES string of the molecule is C/C(=N/OCCOc1ccc(CC2SC(=O)NC2=O)cc1)c1ccc2ccccc2c1. The monoisotopic (exact) mass is 434 g/mol. The number of nitrogens with zero attached hydrogens (tertiary/aromatic N) is 1. The maximum Gasteiger partial charge on any atom is 0.286 e. The van der Waals surface area contributed by atoms with Gasteiger partial charge in [0.1, 0.15) is 12.4 Å². The van der Waals surface area contributed by atoms with Gasteiger partial charge in [-0.1, -0.05) is 65.4 Å². The lowest BCUT2D eigenvalue weighted by atomic mass is 10.0. The molecule has 1 fully saturated rings. The third-order valence-electron chi connectivity index (χ3n) is 4.92. The Bertz CT molecular complexity index is 1130. The fourth-order valence-corrected chi connectivity index (χ4v) is 4.13. The van der Waals surface area contributed by atoms with Crippen LogP contribution in [-0.2, 0) is 16.1 Å². The third-order valence-corrected chi connectivity index (χ3v) is 5.90. The van der Waals surface area contributed by atoms with Crippen LogP contribution in [-0.4, -0.2) is 35.3 Å². The van der Waals surface area contributed by atoms with E-state index < -0.39 is 0 Å². The second-order valence-corrected chi connectivity index (χ2v) is 8.33. The number of fused-ring (bicyclic) bond motifs is 1. The topological polar surface area (TPSA) is 77.0 Å². The minimum atomic E-state index is -0.364. The minimum Gasteiger partial charge on any atom is -0.490 e. The zero-order valence-electron chi connectivity index (χ0n) is 17.0. The first-order chi connectivity index (χ1) is 15.1. The number of benzene rings is 3. The Morgan fingerprint density at radius 1 is 1.00 bits per heavy atom. The number of imide groups is 1. The Balaban J connectivity index is 1.23. The smallest absolute Gasteiger partial charge is 0.286 e. The van der Waals surface area contributed by atoms with Gasteiger partial charge in [-0.3, -0.25) is 14.9 Å². The summed E-state index contributed by atoms with van der Waals surface area (Å²) in [6.45, 7) is 2.61. The van der Waals surface area contributed by atoms with Crippen LogP contribution in [0.1, 0.15) is 18.1 Å². The second-order valence-electron chi connectivity index (χ2n) is 7.15. The Labute approximate surface area is 184 Å². The quantitative estimate of drug-likeness (QED) is 0.320. The number of hydrogen-bond donors (Lipinski definition) is 1. The van der Waals surface area contributed by atoms with Crippen LogP contribution in [0.3, 0.4) is 0 Å². The third kappa shape index (κ3) is 5.44. The van der Waals surface area contributed by atoms with Crippen LogP contribution in [0.25, 0.3) is 10.8 Å². The zero-order valence-corrected chi connectivity index (χ0v) is 17.9. The molecular formula is C24H22N2O4S. The molecule has 3 aromatic carbocycles. The van der Waals surface area contributed by atoms with Crippen molar-refractivity contribution in [2.75, 3.05) is 13.2 Å². The Hall–Kier alpha value is -3.32. The van der Waals surface area contributed by atoms with Crippen molar-refractivity contribution in [1.29, 1.82) is 0 Å². The highest BCUT2D eigenvalue weighted by atomic mass is 32.2. The molecule has 31 heavy (non-hydrogen) atoms. The summed E-state index contributed by atoms with van der Waals surface area (Å²) in [4.78, 5) is 28.3. The lowest BCUT2D eigenvalue weighted by Crippen LogP contribution is -2.25. The van der Waals surface area contributed by atoms with Crippen LogP contribution < -0.4 is 10.1 Å². The Morgan fingerprint density at radius 3 is 2.52 bits per heavy atom. The molecular weight excluding hydrogens is 412 g/mol. The lowest BCUT2D eigenvalue weighted by Gasteiger charge is -2.08. The van der Waals surface area contributed by atoms with Crippen molar-refractivity contribution in [3.8, 4) is 5.75 Å². The van der Waals surface area contributed by atoms with E-state index in [0.717, 1.165) is 28.6 Å². The Morgan fingerprint density at radius 2 is 1.77 bits per heavy atom. The van der Waals surface area contributed by atoms with Gasteiger partial charge in [-0.25, -0.2) is 0 Å². The van der Waals surface area contributed by atoms with Crippen LogP contribution in [0.5, 0.6) is 5.75 Å². The number of thioether (sulfide) groups is 1. The minimum absolute atomic E-state index is 0.230. The van der Waals surface area contributed by atoms with Crippen molar-refractivity contribution in [2.24, 2.45) is 5.16 Å². The van der Waals surface area contributed by atoms with Gasteiger partial charge >= 0.3 is 0 Å². The van der Waals surface area contributed by atoms with Crippen LogP contribution >= 0.6 is 11.8 Å². The van der Waals surface area contributed by atoms with E-state index in [1.165, 1.54) is 10.8 Å². The van der Waals surface area contributed by atoms with Crippen molar-refractivity contribution in [3.63, 3.8) is 0 Å². The summed E-state index contributed by atoms with van der Waals surface area (Å²) in [5, 5.41) is 8.20. The van der Waals surface area contributed by atoms with Gasteiger partial charge in [0.25, 0.3) is 5.24 Å². The first-order valence-corrected chi connectivity index (χ1v) is 10.9. The second kappa shape index (κ2) is 9.66. The number of rotatable bonds is 8. The van der Waals surface area contributed by atoms with Gasteiger partial charge in [-0.2, -0.15) is 0 Å². The summed E-state index contributed by atoms with van der Waals surface area (Å²) in [7, 11) is 0. The molecule has 1 atom stereocenters. The van der Waals surface area contributed by atoms with Crippen LogP contribution in [0.15, 0.2) is 71.9 Å². The van der Waals surface area contributed by atoms with Crippen molar-refractivity contribution in [3.05, 3.63) is 77.9 Å². The van der Waals surface area contributed by atoms with Gasteiger partial charge in [0.2, 0.25) is 5.91 Å². The van der Waals surface area contributed by atoms with Gasteiger partial charge in [0, 0.05) is 0 Å². The van der Waals surface area contributed by atoms with E-state index in [1.54, 1.807) is 0 Å². The van der Waals surface area contributed by atoms with Gasteiger partial charge in [-0.15, -0.1) is 0 Å². The van der Waals surface area contributed by atoms with Crippen molar-refractivity contribution < 1.29 is 19.2 Å². The number of amides is 2. The van der Waals surface area contributed by atoms with Gasteiger partial charge in [-0.05, 0) is 53.4 Å². The zero-order chi connectivity index (χ0) is 21.6. The average molecular weight is 435 g/mol. The van der Waals surface area contributed by atoms with E-state index in [-0.39, 0.29) is 16.4 Å². The van der Waals surface area contributed by atoms with Crippen LogP contribution in [0.2, 0.25) is 0 Å². The molecule has 1 heterocycles. The molecule has 1 aliphatic rings. The molecule has 0 radical (unpaired) electrons. The van der Waals surface area contributed by atoms with E-state index in [0.29, 0.717) is 25.4 Å². The largest absolute Gasteiger partial charge is 0.490 e. The molecule has 1 saturated heterocycles. The molecule has 6 nitrogen and oxygen atoms in total. The molecule has 2 amide bonds. The normalized spacial score (nSPS) is 16.4. The number of hydrogen-bond acceptors (Lipinski definition) is 6. The average Bonchev–Trinajstić information content (AvgIpc) is 3.10. The number of ether oxygens (including phenoxy) is 1. The van der Waals surface area contributed by atoms with E-state index >= 15 is 0 Å². The molecule has 1 N–H and O–H groups in total. The molecule has 7 heteroatoms. The summed E-state index contributed by atoms with van der Waals surface area (Å²) in [5.41, 5.74) is 2.80. The molecule has 1 aliphatic heterocycles. The lowest BCUT2D eigenvalue weighted by molar-refractivity contribution is -0.118. The summed E-state index contributed by atoms with van der Waals surface area (Å²) in [6.07, 6.45) is 0.508. The van der Waals surface area contributed by atoms with Gasteiger partial charge in [0.05, 0.1) is 11.0 Å². The summed E-state index contributed by atoms with van der Waals surface area (Å²) in [5.74, 6) is 0.481. The van der Waals surface area contributed by atoms with Gasteiger partial charge in [0.15, 0.2) is 6.61 Å². The fraction of sp³-hybridized carbons (Fsp3) is 0.208. The highest BCUT2D eigenvalue weighted by Gasteiger charge is 2.31. The van der Waals surface area contributed by atoms with Crippen LogP contribution in [0, 0.1) is 0 Å². The van der Waals surface area contributed by atoms with Crippen molar-refractivity contribution in [2.45, 2.75) is 18.6 Å². The molecule has 158 valence electrons. The van der Waals surface area contributed by atoms with Gasteiger partial charge < -0.3 is 9.57 Å². The number of carbonyl (C=O) groups is 2. The highest BCUT2D eigenvalue weighted by molar-refractivity contribution is 8.15. The molecule has 0 saturated carbocycles. The fourth-order valence-electron chi connectivity index (χ4n) is 3.27. The molecule has 0 bridgehead atoms. The predicted molar refractivity (Wildman–Crippen MR) is 123 cm³/mol. The molecule has 3 aromatic rings. The standard InChI is InChI=1S/C24H22N2O4S/c1-16(19-9-8-18-4-2-3-5-20(18)15-19)26-30-13-12-29-21-10-6-17(7-11-21)14-22-23(27)25-24(28)31-22/h2-11,15,22H,12-14H2,1H3,(H,25,27,28)/b26-16-. The summed E-state index contributed by atoms with van der Waals surface area (Å²) < 4.78 is 5.68. The highest BCUT2D eigenvalue weighted by Crippen LogP contribution is 2.24. The van der Waals surface area contributed by atoms with E-state index in [1.807, 2.05) is 49.4 Å². The molecule has 1 unspecified atom stereocenters. The molecule has 0 spiro atoms. The predicted octanol–water partition coefficient (Wildman–Crippen LogP) is 4.55. The summed E-state index contributed by atoms with van der Waals surface area (Å²) in [6, 6.07) is 21.9. The number of nitrogens with one attached hydrogen (secondary N) is 1. The van der Waals surface area contributed by atoms with Crippen molar-refractivity contribution in [1.82, 2.24) is 5.32 Å². The Kier molecular flexibility index (Phi) is 6.52. The maximum atomic E-state index is 11.7. The molecule has 0 aliphatic carbocycles. The first kappa shape index (κ1) is 20.9. The van der Waals surface area contributed by atoms with E-state index in [4.69, 9.17) is 9.57 Å².